The van der Waals surface area contributed by atoms with Gasteiger partial charge in [0.15, 0.2) is 0 Å². The van der Waals surface area contributed by atoms with Crippen LogP contribution in [0.15, 0.2) is 30.6 Å². The van der Waals surface area contributed by atoms with Crippen molar-refractivity contribution in [3.63, 3.8) is 0 Å². The fraction of sp³-hybridized carbons (Fsp3) is 0.333. The first-order valence-electron chi connectivity index (χ1n) is 5.57. The molecule has 5 heteroatoms. The third-order valence-electron chi connectivity index (χ3n) is 2.71. The Kier molecular flexibility index (Phi) is 3.39. The summed E-state index contributed by atoms with van der Waals surface area (Å²) in [5.74, 6) is 1.08. The molecule has 90 valence electrons. The van der Waals surface area contributed by atoms with Crippen molar-refractivity contribution in [2.45, 2.75) is 25.9 Å². The molecule has 2 atom stereocenters. The van der Waals surface area contributed by atoms with Gasteiger partial charge >= 0.3 is 0 Å². The normalized spacial score (nSPS) is 14.5. The van der Waals surface area contributed by atoms with Crippen molar-refractivity contribution in [1.82, 2.24) is 20.5 Å². The van der Waals surface area contributed by atoms with Crippen LogP contribution in [0.2, 0.25) is 0 Å². The predicted molar refractivity (Wildman–Crippen MR) is 64.5 cm³/mol. The second-order valence-electron chi connectivity index (χ2n) is 4.08. The highest BCUT2D eigenvalue weighted by Crippen LogP contribution is 2.20. The number of benzene rings is 1. The van der Waals surface area contributed by atoms with Crippen LogP contribution in [0, 0.1) is 0 Å². The molecule has 0 saturated carbocycles. The van der Waals surface area contributed by atoms with Crippen LogP contribution in [0.1, 0.15) is 37.3 Å². The average molecular weight is 232 g/mol. The van der Waals surface area contributed by atoms with E-state index in [-0.39, 0.29) is 17.8 Å². The minimum absolute atomic E-state index is 0.0786. The van der Waals surface area contributed by atoms with Gasteiger partial charge in [0.1, 0.15) is 17.9 Å². The summed E-state index contributed by atoms with van der Waals surface area (Å²) in [6.07, 6.45) is 1.49. The van der Waals surface area contributed by atoms with Gasteiger partial charge < -0.3 is 10.4 Å². The zero-order chi connectivity index (χ0) is 12.3. The number of hydrogen-bond acceptors (Lipinski definition) is 4. The van der Waals surface area contributed by atoms with E-state index in [4.69, 9.17) is 0 Å². The smallest absolute Gasteiger partial charge is 0.141 e. The molecule has 0 bridgehead atoms. The van der Waals surface area contributed by atoms with E-state index in [0.717, 1.165) is 11.4 Å². The van der Waals surface area contributed by atoms with E-state index in [9.17, 15) is 5.11 Å². The SMILES string of the molecule is CC(NC(C)c1ncn[nH]1)c1cccc(O)c1. The van der Waals surface area contributed by atoms with Crippen molar-refractivity contribution in [2.24, 2.45) is 0 Å². The highest BCUT2D eigenvalue weighted by Gasteiger charge is 2.13. The minimum atomic E-state index is 0.0786. The topological polar surface area (TPSA) is 73.8 Å². The molecular formula is C12H16N4O. The molecule has 0 saturated heterocycles. The van der Waals surface area contributed by atoms with Crippen molar-refractivity contribution < 1.29 is 5.11 Å². The zero-order valence-electron chi connectivity index (χ0n) is 9.88. The Labute approximate surface area is 99.9 Å². The van der Waals surface area contributed by atoms with Gasteiger partial charge in [0, 0.05) is 6.04 Å². The third kappa shape index (κ3) is 2.82. The van der Waals surface area contributed by atoms with Gasteiger partial charge in [-0.05, 0) is 31.5 Å². The summed E-state index contributed by atoms with van der Waals surface area (Å²) in [5, 5.41) is 19.5. The highest BCUT2D eigenvalue weighted by molar-refractivity contribution is 5.29. The Morgan fingerprint density at radius 1 is 1.29 bits per heavy atom. The van der Waals surface area contributed by atoms with Crippen LogP contribution in [0.5, 0.6) is 5.75 Å². The molecule has 2 aromatic rings. The standard InChI is InChI=1S/C12H16N4O/c1-8(10-4-3-5-11(17)6-10)15-9(2)12-13-7-14-16-12/h3-9,15,17H,1-2H3,(H,13,14,16). The van der Waals surface area contributed by atoms with Crippen LogP contribution in [0.3, 0.4) is 0 Å². The molecule has 17 heavy (non-hydrogen) atoms. The van der Waals surface area contributed by atoms with Crippen LogP contribution >= 0.6 is 0 Å². The third-order valence-corrected chi connectivity index (χ3v) is 2.71. The molecule has 1 heterocycles. The van der Waals surface area contributed by atoms with Gasteiger partial charge in [-0.2, -0.15) is 5.10 Å². The monoisotopic (exact) mass is 232 g/mol. The summed E-state index contributed by atoms with van der Waals surface area (Å²) in [6, 6.07) is 7.44. The van der Waals surface area contributed by atoms with Gasteiger partial charge in [-0.1, -0.05) is 12.1 Å². The molecule has 0 amide bonds. The highest BCUT2D eigenvalue weighted by atomic mass is 16.3. The lowest BCUT2D eigenvalue weighted by Crippen LogP contribution is -2.23. The maximum absolute atomic E-state index is 9.42. The van der Waals surface area contributed by atoms with Crippen molar-refractivity contribution in [2.75, 3.05) is 0 Å². The molecule has 1 aromatic carbocycles. The molecule has 0 aliphatic rings. The van der Waals surface area contributed by atoms with Crippen molar-refractivity contribution in [3.05, 3.63) is 42.0 Å². The van der Waals surface area contributed by atoms with Gasteiger partial charge in [-0.15, -0.1) is 0 Å². The van der Waals surface area contributed by atoms with Gasteiger partial charge in [-0.3, -0.25) is 5.10 Å². The van der Waals surface area contributed by atoms with Crippen LogP contribution < -0.4 is 5.32 Å². The molecule has 0 aliphatic carbocycles. The molecule has 2 rings (SSSR count). The fourth-order valence-electron chi connectivity index (χ4n) is 1.77. The summed E-state index contributed by atoms with van der Waals surface area (Å²) in [4.78, 5) is 4.10. The van der Waals surface area contributed by atoms with Crippen LogP contribution in [0.4, 0.5) is 0 Å². The minimum Gasteiger partial charge on any atom is -0.508 e. The van der Waals surface area contributed by atoms with E-state index >= 15 is 0 Å². The molecule has 0 radical (unpaired) electrons. The number of phenolic OH excluding ortho intramolecular Hbond substituents is 1. The number of hydrogen-bond donors (Lipinski definition) is 3. The number of aromatic amines is 1. The Balaban J connectivity index is 2.04. The molecule has 0 spiro atoms. The second-order valence-corrected chi connectivity index (χ2v) is 4.08. The van der Waals surface area contributed by atoms with Gasteiger partial charge in [-0.25, -0.2) is 4.98 Å². The number of nitrogens with one attached hydrogen (secondary N) is 2. The number of phenols is 1. The summed E-state index contributed by atoms with van der Waals surface area (Å²) < 4.78 is 0. The Morgan fingerprint density at radius 2 is 2.12 bits per heavy atom. The quantitative estimate of drug-likeness (QED) is 0.753. The molecule has 5 nitrogen and oxygen atoms in total. The summed E-state index contributed by atoms with van der Waals surface area (Å²) in [6.45, 7) is 4.06. The summed E-state index contributed by atoms with van der Waals surface area (Å²) in [5.41, 5.74) is 1.04. The van der Waals surface area contributed by atoms with Crippen LogP contribution in [-0.4, -0.2) is 20.3 Å². The van der Waals surface area contributed by atoms with Crippen molar-refractivity contribution >= 4 is 0 Å². The summed E-state index contributed by atoms with van der Waals surface area (Å²) >= 11 is 0. The van der Waals surface area contributed by atoms with Crippen molar-refractivity contribution in [3.8, 4) is 5.75 Å². The van der Waals surface area contributed by atoms with Crippen LogP contribution in [0.25, 0.3) is 0 Å². The first-order chi connectivity index (χ1) is 8.16. The van der Waals surface area contributed by atoms with Crippen molar-refractivity contribution in [1.29, 1.82) is 0 Å². The average Bonchev–Trinajstić information content (AvgIpc) is 2.82. The van der Waals surface area contributed by atoms with E-state index in [1.54, 1.807) is 12.1 Å². The maximum atomic E-state index is 9.42. The Bertz CT molecular complexity index is 469. The zero-order valence-corrected chi connectivity index (χ0v) is 9.88. The molecule has 3 N–H and O–H groups in total. The molecular weight excluding hydrogens is 216 g/mol. The number of aromatic nitrogens is 3. The molecule has 0 aliphatic heterocycles. The van der Waals surface area contributed by atoms with Gasteiger partial charge in [0.05, 0.1) is 6.04 Å². The molecule has 2 unspecified atom stereocenters. The number of H-pyrrole nitrogens is 1. The lowest BCUT2D eigenvalue weighted by atomic mass is 10.1. The second kappa shape index (κ2) is 4.97. The number of nitrogens with zero attached hydrogens (tertiary/aromatic N) is 2. The molecule has 0 fully saturated rings. The van der Waals surface area contributed by atoms with E-state index in [0.29, 0.717) is 0 Å². The lowest BCUT2D eigenvalue weighted by Gasteiger charge is -2.18. The largest absolute Gasteiger partial charge is 0.508 e. The summed E-state index contributed by atoms with van der Waals surface area (Å²) in [7, 11) is 0. The van der Waals surface area contributed by atoms with Gasteiger partial charge in [0.2, 0.25) is 0 Å². The predicted octanol–water partition coefficient (Wildman–Crippen LogP) is 1.92. The lowest BCUT2D eigenvalue weighted by molar-refractivity contribution is 0.461. The molecule has 1 aromatic heterocycles. The Hall–Kier alpha value is -1.88. The van der Waals surface area contributed by atoms with Crippen LogP contribution in [-0.2, 0) is 0 Å². The van der Waals surface area contributed by atoms with E-state index in [2.05, 4.69) is 20.5 Å². The maximum Gasteiger partial charge on any atom is 0.141 e. The fourth-order valence-corrected chi connectivity index (χ4v) is 1.77. The number of rotatable bonds is 4. The Morgan fingerprint density at radius 3 is 2.76 bits per heavy atom. The first kappa shape index (κ1) is 11.6. The van der Waals surface area contributed by atoms with E-state index < -0.39 is 0 Å². The first-order valence-corrected chi connectivity index (χ1v) is 5.57. The number of aromatic hydroxyl groups is 1. The van der Waals surface area contributed by atoms with Gasteiger partial charge in [0.25, 0.3) is 0 Å². The van der Waals surface area contributed by atoms with E-state index in [1.807, 2.05) is 26.0 Å². The van der Waals surface area contributed by atoms with E-state index in [1.165, 1.54) is 6.33 Å².